The molecule has 0 heterocycles. The molecule has 0 spiro atoms. The Bertz CT molecular complexity index is 466. The molecule has 0 aromatic carbocycles. The summed E-state index contributed by atoms with van der Waals surface area (Å²) in [7, 11) is 0. The van der Waals surface area contributed by atoms with Crippen LogP contribution < -0.4 is 55.6 Å². The van der Waals surface area contributed by atoms with Crippen LogP contribution >= 0.6 is 0 Å². The van der Waals surface area contributed by atoms with Gasteiger partial charge in [-0.05, 0) is 0 Å². The van der Waals surface area contributed by atoms with Crippen LogP contribution in [0.25, 0.3) is 0 Å². The second kappa shape index (κ2) is 7.89. The Hall–Kier alpha value is 1.66. The van der Waals surface area contributed by atoms with Crippen molar-refractivity contribution in [3.05, 3.63) is 0 Å². The Morgan fingerprint density at radius 2 is 1.07 bits per heavy atom. The van der Waals surface area contributed by atoms with Crippen LogP contribution in [-0.2, 0) is 69.8 Å². The minimum atomic E-state index is -5.76. The molecule has 0 amide bonds. The van der Waals surface area contributed by atoms with Crippen LogP contribution in [0, 0.1) is 0 Å². The molecule has 0 saturated heterocycles. The molecule has 0 aliphatic rings. The average Bonchev–Trinajstić information content (AvgIpc) is 1.42. The van der Waals surface area contributed by atoms with Gasteiger partial charge in [0.1, 0.15) is 0 Å². The fourth-order valence-corrected chi connectivity index (χ4v) is 1.85. The Morgan fingerprint density at radius 1 is 0.933 bits per heavy atom. The second-order valence-corrected chi connectivity index (χ2v) is 6.24. The molecule has 0 saturated carbocycles. The third-order valence-corrected chi connectivity index (χ3v) is 2.92. The molecule has 88 valence electrons. The zero-order valence-electron chi connectivity index (χ0n) is 6.76. The summed E-state index contributed by atoms with van der Waals surface area (Å²) >= 11 is -17.1. The van der Waals surface area contributed by atoms with E-state index in [0.717, 1.165) is 0 Å². The van der Waals surface area contributed by atoms with Gasteiger partial charge in [-0.1, -0.05) is 0 Å². The van der Waals surface area contributed by atoms with Crippen molar-refractivity contribution in [3.63, 3.8) is 0 Å². The number of rotatable bonds is 2. The maximum atomic E-state index is 9.53. The quantitative estimate of drug-likeness (QED) is 0.436. The molecule has 0 aromatic heterocycles. The first-order chi connectivity index (χ1) is 5.71. The molecular formula is H2Cr2KMnO11. The second-order valence-electron chi connectivity index (χ2n) is 1.30. The summed E-state index contributed by atoms with van der Waals surface area (Å²) in [4.78, 5) is 0. The van der Waals surface area contributed by atoms with Gasteiger partial charge in [-0.15, -0.1) is 0 Å². The van der Waals surface area contributed by atoms with Gasteiger partial charge in [0, 0.05) is 0 Å². The predicted octanol–water partition coefficient (Wildman–Crippen LogP) is -6.21. The van der Waals surface area contributed by atoms with E-state index in [1.54, 1.807) is 0 Å². The van der Waals surface area contributed by atoms with Gasteiger partial charge in [0.2, 0.25) is 0 Å². The van der Waals surface area contributed by atoms with E-state index in [-0.39, 0.29) is 51.4 Å². The predicted molar refractivity (Wildman–Crippen MR) is 10.3 cm³/mol. The molecule has 15 heteroatoms. The molecule has 0 rings (SSSR count). The first kappa shape index (κ1) is 21.9. The summed E-state index contributed by atoms with van der Waals surface area (Å²) in [6, 6.07) is 0. The molecule has 0 radical (unpaired) electrons. The van der Waals surface area contributed by atoms with E-state index in [2.05, 4.69) is 2.84 Å². The fraction of sp³-hybridized carbons (Fsp3) is 0. The van der Waals surface area contributed by atoms with E-state index in [1.807, 2.05) is 0 Å². The van der Waals surface area contributed by atoms with Crippen molar-refractivity contribution in [2.45, 2.75) is 0 Å². The van der Waals surface area contributed by atoms with Crippen molar-refractivity contribution in [1.29, 1.82) is 0 Å². The van der Waals surface area contributed by atoms with Crippen molar-refractivity contribution in [2.75, 3.05) is 0 Å². The Labute approximate surface area is 131 Å². The molecule has 11 nitrogen and oxygen atoms in total. The number of hydrogen-bond donors (Lipinski definition) is 2. The molecule has 0 atom stereocenters. The summed E-state index contributed by atoms with van der Waals surface area (Å²) < 4.78 is 90.6. The molecule has 0 aromatic rings. The van der Waals surface area contributed by atoms with Crippen LogP contribution in [-0.4, -0.2) is 8.32 Å². The third-order valence-electron chi connectivity index (χ3n) is 0.172. The standard InChI is InChI=1S/2Cr.K.Mn.2H2O.9O/h;;;;2*1H2;;;;;;;;;/q3*+1;;;;;;;;;;;;-1/p-2. The summed E-state index contributed by atoms with van der Waals surface area (Å²) in [5, 5.41) is 0. The molecule has 0 aliphatic carbocycles. The van der Waals surface area contributed by atoms with Crippen LogP contribution in [0.3, 0.4) is 0 Å². The van der Waals surface area contributed by atoms with Crippen molar-refractivity contribution in [2.24, 2.45) is 0 Å². The number of hydrogen-bond acceptors (Lipinski definition) is 9. The van der Waals surface area contributed by atoms with E-state index in [9.17, 15) is 15.2 Å². The fourth-order valence-electron chi connectivity index (χ4n) is 0.109. The molecule has 0 fully saturated rings. The Morgan fingerprint density at radius 3 is 1.07 bits per heavy atom. The third kappa shape index (κ3) is 49.8. The van der Waals surface area contributed by atoms with Crippen molar-refractivity contribution >= 4 is 0 Å². The summed E-state index contributed by atoms with van der Waals surface area (Å²) in [5.74, 6) is 0. The Balaban J connectivity index is -0.000000208. The summed E-state index contributed by atoms with van der Waals surface area (Å²) in [5.41, 5.74) is 0. The zero-order valence-corrected chi connectivity index (χ0v) is 13.6. The van der Waals surface area contributed by atoms with Crippen molar-refractivity contribution in [1.82, 2.24) is 0 Å². The first-order valence-electron chi connectivity index (χ1n) is 1.98. The first-order valence-corrected chi connectivity index (χ1v) is 8.17. The van der Waals surface area contributed by atoms with Crippen LogP contribution in [0.5, 0.6) is 0 Å². The van der Waals surface area contributed by atoms with Gasteiger partial charge < -0.3 is 0 Å². The molecule has 0 bridgehead atoms. The van der Waals surface area contributed by atoms with Crippen LogP contribution in [0.2, 0.25) is 0 Å². The van der Waals surface area contributed by atoms with Crippen LogP contribution in [0.1, 0.15) is 0 Å². The van der Waals surface area contributed by atoms with Crippen LogP contribution in [0.15, 0.2) is 0 Å². The van der Waals surface area contributed by atoms with E-state index < -0.39 is 40.2 Å². The van der Waals surface area contributed by atoms with Gasteiger partial charge in [-0.3, -0.25) is 0 Å². The Kier molecular flexibility index (Phi) is 11.5. The summed E-state index contributed by atoms with van der Waals surface area (Å²) in [6.07, 6.45) is 0. The van der Waals surface area contributed by atoms with Gasteiger partial charge in [-0.25, -0.2) is 0 Å². The van der Waals surface area contributed by atoms with E-state index >= 15 is 0 Å². The molecular weight excluding hydrogens is 374 g/mol. The minimum absolute atomic E-state index is 0. The average molecular weight is 376 g/mol. The van der Waals surface area contributed by atoms with E-state index in [1.165, 1.54) is 0 Å². The van der Waals surface area contributed by atoms with Gasteiger partial charge in [0.15, 0.2) is 0 Å². The SMILES string of the molecule is [K+].[O]=[Cr](=[O])([OH])[O][Cr](=[O])(=[O])[OH].[O]=[Mn](=[O])(=[O])[O-]. The van der Waals surface area contributed by atoms with Gasteiger partial charge >= 0.3 is 134 Å². The van der Waals surface area contributed by atoms with Gasteiger partial charge in [0.05, 0.1) is 0 Å². The zero-order chi connectivity index (χ0) is 12.2. The van der Waals surface area contributed by atoms with Gasteiger partial charge in [0.25, 0.3) is 0 Å². The molecule has 0 unspecified atom stereocenters. The maximum absolute atomic E-state index is 9.53. The van der Waals surface area contributed by atoms with Crippen molar-refractivity contribution < 1.29 is 134 Å². The summed E-state index contributed by atoms with van der Waals surface area (Å²) in [6.45, 7) is 0. The topological polar surface area (TPSA) is 192 Å². The molecule has 0 aliphatic heterocycles. The van der Waals surface area contributed by atoms with Crippen molar-refractivity contribution in [3.8, 4) is 0 Å². The van der Waals surface area contributed by atoms with E-state index in [0.29, 0.717) is 0 Å². The normalized spacial score (nSPS) is 11.9. The molecule has 15 heavy (non-hydrogen) atoms. The van der Waals surface area contributed by atoms with Crippen LogP contribution in [0.4, 0.5) is 0 Å². The van der Waals surface area contributed by atoms with E-state index in [4.69, 9.17) is 24.0 Å². The van der Waals surface area contributed by atoms with Gasteiger partial charge in [-0.2, -0.15) is 0 Å². The molecule has 2 N–H and O–H groups in total. The monoisotopic (exact) mass is 376 g/mol.